The van der Waals surface area contributed by atoms with Gasteiger partial charge < -0.3 is 14.8 Å². The topological polar surface area (TPSA) is 81.7 Å². The van der Waals surface area contributed by atoms with Gasteiger partial charge in [0.2, 0.25) is 0 Å². The largest absolute Gasteiger partial charge is 0.465 e. The van der Waals surface area contributed by atoms with Crippen LogP contribution in [0.1, 0.15) is 33.2 Å². The van der Waals surface area contributed by atoms with Gasteiger partial charge in [-0.1, -0.05) is 19.1 Å². The lowest BCUT2D eigenvalue weighted by atomic mass is 10.1. The van der Waals surface area contributed by atoms with Gasteiger partial charge >= 0.3 is 11.9 Å². The minimum atomic E-state index is -0.645. The Kier molecular flexibility index (Phi) is 6.28. The predicted molar refractivity (Wildman–Crippen MR) is 92.5 cm³/mol. The van der Waals surface area contributed by atoms with Gasteiger partial charge in [0.25, 0.3) is 5.91 Å². The van der Waals surface area contributed by atoms with E-state index in [4.69, 9.17) is 4.74 Å². The number of amides is 1. The lowest BCUT2D eigenvalue weighted by Gasteiger charge is -2.07. The van der Waals surface area contributed by atoms with Crippen molar-refractivity contribution < 1.29 is 23.9 Å². The molecule has 1 amide bonds. The Morgan fingerprint density at radius 2 is 1.44 bits per heavy atom. The predicted octanol–water partition coefficient (Wildman–Crippen LogP) is 2.83. The molecule has 2 aromatic carbocycles. The summed E-state index contributed by atoms with van der Waals surface area (Å²) in [6, 6.07) is 13.2. The quantitative estimate of drug-likeness (QED) is 0.817. The lowest BCUT2D eigenvalue weighted by Crippen LogP contribution is -2.21. The number of methoxy groups -OCH3 is 1. The van der Waals surface area contributed by atoms with Gasteiger partial charge in [0.15, 0.2) is 6.61 Å². The first-order valence-corrected chi connectivity index (χ1v) is 7.77. The molecule has 6 heteroatoms. The molecule has 0 atom stereocenters. The zero-order chi connectivity index (χ0) is 18.2. The first-order valence-electron chi connectivity index (χ1n) is 7.77. The van der Waals surface area contributed by atoms with Crippen LogP contribution in [0.25, 0.3) is 0 Å². The number of hydrogen-bond acceptors (Lipinski definition) is 5. The Balaban J connectivity index is 1.86. The van der Waals surface area contributed by atoms with E-state index in [0.29, 0.717) is 11.3 Å². The van der Waals surface area contributed by atoms with Crippen LogP contribution in [0.15, 0.2) is 48.5 Å². The number of carbonyl (C=O) groups is 3. The van der Waals surface area contributed by atoms with Gasteiger partial charge in [-0.05, 0) is 48.4 Å². The van der Waals surface area contributed by atoms with E-state index in [-0.39, 0.29) is 5.56 Å². The van der Waals surface area contributed by atoms with E-state index in [9.17, 15) is 14.4 Å². The van der Waals surface area contributed by atoms with E-state index in [2.05, 4.69) is 10.1 Å². The van der Waals surface area contributed by atoms with Gasteiger partial charge in [0, 0.05) is 5.69 Å². The van der Waals surface area contributed by atoms with E-state index >= 15 is 0 Å². The van der Waals surface area contributed by atoms with Crippen LogP contribution in [0, 0.1) is 0 Å². The third-order valence-corrected chi connectivity index (χ3v) is 3.52. The summed E-state index contributed by atoms with van der Waals surface area (Å²) in [4.78, 5) is 35.1. The zero-order valence-electron chi connectivity index (χ0n) is 14.1. The van der Waals surface area contributed by atoms with Crippen LogP contribution in [-0.4, -0.2) is 31.6 Å². The van der Waals surface area contributed by atoms with Crippen LogP contribution in [-0.2, 0) is 20.7 Å². The maximum absolute atomic E-state index is 11.9. The molecule has 0 unspecified atom stereocenters. The summed E-state index contributed by atoms with van der Waals surface area (Å²) in [7, 11) is 1.28. The van der Waals surface area contributed by atoms with Gasteiger partial charge in [0.05, 0.1) is 18.2 Å². The van der Waals surface area contributed by atoms with Gasteiger partial charge in [-0.2, -0.15) is 0 Å². The van der Waals surface area contributed by atoms with Crippen molar-refractivity contribution in [3.8, 4) is 0 Å². The average molecular weight is 341 g/mol. The van der Waals surface area contributed by atoms with Crippen molar-refractivity contribution in [2.45, 2.75) is 13.3 Å². The highest BCUT2D eigenvalue weighted by Gasteiger charge is 2.12. The Bertz CT molecular complexity index is 750. The smallest absolute Gasteiger partial charge is 0.338 e. The van der Waals surface area contributed by atoms with Crippen molar-refractivity contribution in [1.29, 1.82) is 0 Å². The molecule has 0 saturated carbocycles. The summed E-state index contributed by atoms with van der Waals surface area (Å²) in [6.45, 7) is 1.65. The van der Waals surface area contributed by atoms with Crippen molar-refractivity contribution in [2.75, 3.05) is 19.0 Å². The third kappa shape index (κ3) is 5.17. The van der Waals surface area contributed by atoms with Crippen LogP contribution < -0.4 is 5.32 Å². The standard InChI is InChI=1S/C19H19NO5/c1-3-13-4-10-16(11-5-13)20-17(21)12-25-19(23)15-8-6-14(7-9-15)18(22)24-2/h4-11H,3,12H2,1-2H3,(H,20,21). The summed E-state index contributed by atoms with van der Waals surface area (Å²) in [5.41, 5.74) is 2.38. The highest BCUT2D eigenvalue weighted by atomic mass is 16.5. The monoisotopic (exact) mass is 341 g/mol. The number of carbonyl (C=O) groups excluding carboxylic acids is 3. The van der Waals surface area contributed by atoms with Crippen LogP contribution in [0.2, 0.25) is 0 Å². The van der Waals surface area contributed by atoms with E-state index in [1.807, 2.05) is 19.1 Å². The van der Waals surface area contributed by atoms with Crippen LogP contribution in [0.5, 0.6) is 0 Å². The molecule has 130 valence electrons. The maximum Gasteiger partial charge on any atom is 0.338 e. The number of anilines is 1. The molecule has 2 aromatic rings. The number of nitrogens with one attached hydrogen (secondary N) is 1. The van der Waals surface area contributed by atoms with Crippen molar-refractivity contribution in [3.05, 3.63) is 65.2 Å². The average Bonchev–Trinajstić information content (AvgIpc) is 2.66. The third-order valence-electron chi connectivity index (χ3n) is 3.52. The highest BCUT2D eigenvalue weighted by molar-refractivity contribution is 5.96. The molecular formula is C19H19NO5. The van der Waals surface area contributed by atoms with Gasteiger partial charge in [-0.25, -0.2) is 9.59 Å². The number of benzene rings is 2. The van der Waals surface area contributed by atoms with Crippen molar-refractivity contribution in [2.24, 2.45) is 0 Å². The molecule has 0 aliphatic carbocycles. The van der Waals surface area contributed by atoms with E-state index in [0.717, 1.165) is 6.42 Å². The van der Waals surface area contributed by atoms with Crippen molar-refractivity contribution in [1.82, 2.24) is 0 Å². The van der Waals surface area contributed by atoms with Crippen LogP contribution in [0.3, 0.4) is 0 Å². The Labute approximate surface area is 145 Å². The van der Waals surface area contributed by atoms with Gasteiger partial charge in [0.1, 0.15) is 0 Å². The molecule has 2 rings (SSSR count). The van der Waals surface area contributed by atoms with E-state index < -0.39 is 24.5 Å². The highest BCUT2D eigenvalue weighted by Crippen LogP contribution is 2.10. The molecule has 0 aliphatic rings. The zero-order valence-corrected chi connectivity index (χ0v) is 14.1. The summed E-state index contributed by atoms with van der Waals surface area (Å²) in [5.74, 6) is -1.56. The molecule has 0 bridgehead atoms. The van der Waals surface area contributed by atoms with Crippen molar-refractivity contribution in [3.63, 3.8) is 0 Å². The molecule has 25 heavy (non-hydrogen) atoms. The maximum atomic E-state index is 11.9. The second kappa shape index (κ2) is 8.63. The fourth-order valence-corrected chi connectivity index (χ4v) is 2.10. The van der Waals surface area contributed by atoms with Crippen molar-refractivity contribution >= 4 is 23.5 Å². The molecule has 6 nitrogen and oxygen atoms in total. The van der Waals surface area contributed by atoms with E-state index in [1.165, 1.54) is 36.9 Å². The summed E-state index contributed by atoms with van der Waals surface area (Å²) < 4.78 is 9.55. The Morgan fingerprint density at radius 1 is 0.880 bits per heavy atom. The minimum absolute atomic E-state index is 0.243. The molecular weight excluding hydrogens is 322 g/mol. The van der Waals surface area contributed by atoms with Gasteiger partial charge in [-0.3, -0.25) is 4.79 Å². The molecule has 0 spiro atoms. The van der Waals surface area contributed by atoms with Crippen LogP contribution >= 0.6 is 0 Å². The summed E-state index contributed by atoms with van der Waals surface area (Å²) >= 11 is 0. The molecule has 0 aliphatic heterocycles. The van der Waals surface area contributed by atoms with Gasteiger partial charge in [-0.15, -0.1) is 0 Å². The number of ether oxygens (including phenoxy) is 2. The number of esters is 2. The fourth-order valence-electron chi connectivity index (χ4n) is 2.10. The second-order valence-electron chi connectivity index (χ2n) is 5.24. The molecule has 0 heterocycles. The first kappa shape index (κ1) is 18.2. The first-order chi connectivity index (χ1) is 12.0. The summed E-state index contributed by atoms with van der Waals surface area (Å²) in [6.07, 6.45) is 0.917. The summed E-state index contributed by atoms with van der Waals surface area (Å²) in [5, 5.41) is 2.65. The fraction of sp³-hybridized carbons (Fsp3) is 0.211. The molecule has 0 fully saturated rings. The Morgan fingerprint density at radius 3 is 1.96 bits per heavy atom. The Hall–Kier alpha value is -3.15. The number of hydrogen-bond donors (Lipinski definition) is 1. The SMILES string of the molecule is CCc1ccc(NC(=O)COC(=O)c2ccc(C(=O)OC)cc2)cc1. The molecule has 0 aromatic heterocycles. The van der Waals surface area contributed by atoms with Crippen LogP contribution in [0.4, 0.5) is 5.69 Å². The minimum Gasteiger partial charge on any atom is -0.465 e. The molecule has 0 saturated heterocycles. The number of rotatable bonds is 6. The second-order valence-corrected chi connectivity index (χ2v) is 5.24. The normalized spacial score (nSPS) is 10.0. The number of aryl methyl sites for hydroxylation is 1. The van der Waals surface area contributed by atoms with E-state index in [1.54, 1.807) is 12.1 Å². The lowest BCUT2D eigenvalue weighted by molar-refractivity contribution is -0.119. The molecule has 0 radical (unpaired) electrons. The molecule has 1 N–H and O–H groups in total.